The maximum Gasteiger partial charge on any atom is 0.265 e. The molecule has 0 aromatic heterocycles. The molecule has 0 atom stereocenters. The highest BCUT2D eigenvalue weighted by atomic mass is 16.5. The number of amides is 2. The molecule has 1 aliphatic rings. The lowest BCUT2D eigenvalue weighted by atomic mass is 10.1. The molecule has 0 unspecified atom stereocenters. The highest BCUT2D eigenvalue weighted by molar-refractivity contribution is 5.99. The van der Waals surface area contributed by atoms with Gasteiger partial charge in [-0.2, -0.15) is 0 Å². The Morgan fingerprint density at radius 3 is 2.79 bits per heavy atom. The number of nitrogens with zero attached hydrogens (tertiary/aromatic N) is 1. The molecule has 28 heavy (non-hydrogen) atoms. The van der Waals surface area contributed by atoms with Gasteiger partial charge >= 0.3 is 0 Å². The largest absolute Gasteiger partial charge is 0.483 e. The van der Waals surface area contributed by atoms with Crippen LogP contribution >= 0.6 is 0 Å². The molecular formula is C22H26N2O4. The van der Waals surface area contributed by atoms with Crippen LogP contribution in [0.15, 0.2) is 36.4 Å². The molecule has 0 saturated carbocycles. The Hall–Kier alpha value is -3.02. The number of anilines is 2. The van der Waals surface area contributed by atoms with Crippen molar-refractivity contribution in [1.82, 2.24) is 0 Å². The van der Waals surface area contributed by atoms with Crippen LogP contribution in [0.4, 0.5) is 11.4 Å². The number of carbonyl (C=O) groups is 2. The highest BCUT2D eigenvalue weighted by Crippen LogP contribution is 2.35. The molecule has 2 aromatic carbocycles. The topological polar surface area (TPSA) is 67.9 Å². The molecule has 0 aliphatic carbocycles. The third-order valence-corrected chi connectivity index (χ3v) is 4.65. The zero-order chi connectivity index (χ0) is 20.3. The minimum atomic E-state index is -0.258. The molecule has 1 aliphatic heterocycles. The van der Waals surface area contributed by atoms with Gasteiger partial charge in [0.2, 0.25) is 0 Å². The van der Waals surface area contributed by atoms with E-state index in [4.69, 9.17) is 9.47 Å². The number of rotatable bonds is 6. The predicted molar refractivity (Wildman–Crippen MR) is 109 cm³/mol. The van der Waals surface area contributed by atoms with Gasteiger partial charge in [0.1, 0.15) is 11.5 Å². The van der Waals surface area contributed by atoms with Gasteiger partial charge in [0.25, 0.3) is 11.8 Å². The molecule has 2 amide bonds. The van der Waals surface area contributed by atoms with E-state index in [0.717, 1.165) is 16.8 Å². The van der Waals surface area contributed by atoms with Gasteiger partial charge in [-0.1, -0.05) is 26.0 Å². The van der Waals surface area contributed by atoms with E-state index < -0.39 is 0 Å². The zero-order valence-electron chi connectivity index (χ0n) is 16.7. The lowest BCUT2D eigenvalue weighted by molar-refractivity contribution is -0.121. The second-order valence-corrected chi connectivity index (χ2v) is 7.40. The van der Waals surface area contributed by atoms with Crippen molar-refractivity contribution in [3.05, 3.63) is 47.5 Å². The van der Waals surface area contributed by atoms with Crippen molar-refractivity contribution >= 4 is 23.2 Å². The fraction of sp³-hybridized carbons (Fsp3) is 0.364. The van der Waals surface area contributed by atoms with Gasteiger partial charge in [0.15, 0.2) is 13.2 Å². The highest BCUT2D eigenvalue weighted by Gasteiger charge is 2.26. The first kappa shape index (κ1) is 19.7. The smallest absolute Gasteiger partial charge is 0.265 e. The maximum absolute atomic E-state index is 12.3. The van der Waals surface area contributed by atoms with E-state index in [0.29, 0.717) is 29.6 Å². The molecule has 6 nitrogen and oxygen atoms in total. The number of hydrogen-bond acceptors (Lipinski definition) is 4. The quantitative estimate of drug-likeness (QED) is 0.827. The first-order chi connectivity index (χ1) is 13.3. The number of benzene rings is 2. The van der Waals surface area contributed by atoms with Gasteiger partial charge in [-0.05, 0) is 49.1 Å². The van der Waals surface area contributed by atoms with Crippen LogP contribution < -0.4 is 19.7 Å². The number of carbonyl (C=O) groups excluding carboxylic acids is 2. The molecule has 6 heteroatoms. The normalized spacial score (nSPS) is 13.2. The van der Waals surface area contributed by atoms with Crippen molar-refractivity contribution < 1.29 is 19.1 Å². The monoisotopic (exact) mass is 382 g/mol. The summed E-state index contributed by atoms with van der Waals surface area (Å²) >= 11 is 0. The fourth-order valence-electron chi connectivity index (χ4n) is 3.07. The molecule has 3 rings (SSSR count). The average Bonchev–Trinajstić information content (AvgIpc) is 2.65. The Morgan fingerprint density at radius 1 is 1.25 bits per heavy atom. The average molecular weight is 382 g/mol. The van der Waals surface area contributed by atoms with Crippen LogP contribution in [0.5, 0.6) is 11.5 Å². The Bertz CT molecular complexity index is 892. The summed E-state index contributed by atoms with van der Waals surface area (Å²) in [6.45, 7) is 8.65. The summed E-state index contributed by atoms with van der Waals surface area (Å²) in [6.07, 6.45) is 0. The lowest BCUT2D eigenvalue weighted by Crippen LogP contribution is -2.40. The Morgan fingerprint density at radius 2 is 2.04 bits per heavy atom. The predicted octanol–water partition coefficient (Wildman–Crippen LogP) is 3.70. The summed E-state index contributed by atoms with van der Waals surface area (Å²) in [4.78, 5) is 26.1. The van der Waals surface area contributed by atoms with E-state index in [-0.39, 0.29) is 25.0 Å². The Balaban J connectivity index is 1.66. The van der Waals surface area contributed by atoms with Gasteiger partial charge in [0, 0.05) is 18.3 Å². The summed E-state index contributed by atoms with van der Waals surface area (Å²) in [5.74, 6) is 1.32. The van der Waals surface area contributed by atoms with E-state index in [1.807, 2.05) is 32.0 Å². The van der Waals surface area contributed by atoms with Crippen molar-refractivity contribution in [3.63, 3.8) is 0 Å². The third-order valence-electron chi connectivity index (χ3n) is 4.65. The Labute approximate surface area is 165 Å². The van der Waals surface area contributed by atoms with Crippen LogP contribution in [0.25, 0.3) is 0 Å². The summed E-state index contributed by atoms with van der Waals surface area (Å²) in [5.41, 5.74) is 3.47. The first-order valence-corrected chi connectivity index (χ1v) is 9.41. The van der Waals surface area contributed by atoms with E-state index in [2.05, 4.69) is 19.2 Å². The summed E-state index contributed by atoms with van der Waals surface area (Å²) in [6, 6.07) is 11.1. The van der Waals surface area contributed by atoms with Crippen molar-refractivity contribution in [3.8, 4) is 11.5 Å². The minimum absolute atomic E-state index is 0.00681. The lowest BCUT2D eigenvalue weighted by Gasteiger charge is -2.31. The zero-order valence-corrected chi connectivity index (χ0v) is 16.7. The maximum atomic E-state index is 12.3. The molecular weight excluding hydrogens is 356 g/mol. The van der Waals surface area contributed by atoms with Gasteiger partial charge in [0.05, 0.1) is 5.69 Å². The standard InChI is InChI=1S/C22H26N2O4/c1-14(2)11-24-18-9-8-17(10-20(18)28-13-22(24)26)23-21(25)12-27-19-7-5-6-15(3)16(19)4/h5-10,14H,11-13H2,1-4H3,(H,23,25). The van der Waals surface area contributed by atoms with Gasteiger partial charge in [-0.25, -0.2) is 0 Å². The number of aryl methyl sites for hydroxylation is 1. The first-order valence-electron chi connectivity index (χ1n) is 9.41. The van der Waals surface area contributed by atoms with Crippen molar-refractivity contribution in [2.24, 2.45) is 5.92 Å². The molecule has 0 spiro atoms. The second-order valence-electron chi connectivity index (χ2n) is 7.40. The molecule has 1 heterocycles. The van der Waals surface area contributed by atoms with E-state index in [9.17, 15) is 9.59 Å². The summed E-state index contributed by atoms with van der Waals surface area (Å²) in [7, 11) is 0. The molecule has 0 radical (unpaired) electrons. The molecule has 148 valence electrons. The van der Waals surface area contributed by atoms with Crippen LogP contribution in [-0.2, 0) is 9.59 Å². The van der Waals surface area contributed by atoms with Crippen molar-refractivity contribution in [1.29, 1.82) is 0 Å². The SMILES string of the molecule is Cc1cccc(OCC(=O)Nc2ccc3c(c2)OCC(=O)N3CC(C)C)c1C. The fourth-order valence-corrected chi connectivity index (χ4v) is 3.07. The van der Waals surface area contributed by atoms with Crippen LogP contribution in [0.2, 0.25) is 0 Å². The summed E-state index contributed by atoms with van der Waals surface area (Å²) in [5, 5.41) is 2.82. The molecule has 0 bridgehead atoms. The summed E-state index contributed by atoms with van der Waals surface area (Å²) < 4.78 is 11.2. The second kappa shape index (κ2) is 8.33. The van der Waals surface area contributed by atoms with Crippen molar-refractivity contribution in [2.45, 2.75) is 27.7 Å². The molecule has 2 aromatic rings. The number of fused-ring (bicyclic) bond motifs is 1. The van der Waals surface area contributed by atoms with E-state index in [1.54, 1.807) is 23.1 Å². The molecule has 1 N–H and O–H groups in total. The Kier molecular flexibility index (Phi) is 5.87. The van der Waals surface area contributed by atoms with Gasteiger partial charge in [-0.3, -0.25) is 9.59 Å². The van der Waals surface area contributed by atoms with Crippen LogP contribution in [0, 0.1) is 19.8 Å². The van der Waals surface area contributed by atoms with Crippen LogP contribution in [-0.4, -0.2) is 31.6 Å². The minimum Gasteiger partial charge on any atom is -0.483 e. The number of hydrogen-bond donors (Lipinski definition) is 1. The van der Waals surface area contributed by atoms with Gasteiger partial charge in [-0.15, -0.1) is 0 Å². The molecule has 0 saturated heterocycles. The van der Waals surface area contributed by atoms with Gasteiger partial charge < -0.3 is 19.7 Å². The number of ether oxygens (including phenoxy) is 2. The van der Waals surface area contributed by atoms with Crippen LogP contribution in [0.1, 0.15) is 25.0 Å². The molecule has 0 fully saturated rings. The van der Waals surface area contributed by atoms with E-state index >= 15 is 0 Å². The number of nitrogens with one attached hydrogen (secondary N) is 1. The van der Waals surface area contributed by atoms with E-state index in [1.165, 1.54) is 0 Å². The van der Waals surface area contributed by atoms with Crippen molar-refractivity contribution in [2.75, 3.05) is 30.0 Å². The van der Waals surface area contributed by atoms with Crippen LogP contribution in [0.3, 0.4) is 0 Å². The third kappa shape index (κ3) is 4.44.